The summed E-state index contributed by atoms with van der Waals surface area (Å²) in [5.41, 5.74) is 3.90. The summed E-state index contributed by atoms with van der Waals surface area (Å²) in [6, 6.07) is 13.6. The molecule has 2 aromatic carbocycles. The van der Waals surface area contributed by atoms with Crippen molar-refractivity contribution in [3.63, 3.8) is 0 Å². The fourth-order valence-corrected chi connectivity index (χ4v) is 3.89. The zero-order chi connectivity index (χ0) is 18.7. The van der Waals surface area contributed by atoms with Gasteiger partial charge in [0.05, 0.1) is 10.6 Å². The minimum atomic E-state index is -0.0827. The number of ether oxygens (including phenoxy) is 1. The van der Waals surface area contributed by atoms with E-state index < -0.39 is 0 Å². The number of thiocarbonyl (C=S) groups is 1. The minimum absolute atomic E-state index is 0.0827. The van der Waals surface area contributed by atoms with E-state index in [0.29, 0.717) is 15.8 Å². The van der Waals surface area contributed by atoms with Gasteiger partial charge < -0.3 is 4.74 Å². The van der Waals surface area contributed by atoms with E-state index in [2.05, 4.69) is 6.58 Å². The molecular formula is C21H19NO2S2. The lowest BCUT2D eigenvalue weighted by Crippen LogP contribution is -2.28. The second kappa shape index (κ2) is 7.89. The lowest BCUT2D eigenvalue weighted by molar-refractivity contribution is -0.113. The van der Waals surface area contributed by atoms with Crippen LogP contribution in [-0.4, -0.2) is 16.8 Å². The molecule has 1 aliphatic heterocycles. The number of hydrogen-bond acceptors (Lipinski definition) is 4. The lowest BCUT2D eigenvalue weighted by Gasteiger charge is -2.17. The number of carbonyl (C=O) groups is 1. The third kappa shape index (κ3) is 3.89. The van der Waals surface area contributed by atoms with Gasteiger partial charge in [-0.15, -0.1) is 0 Å². The van der Waals surface area contributed by atoms with E-state index in [9.17, 15) is 4.79 Å². The Bertz CT molecular complexity index is 901. The van der Waals surface area contributed by atoms with Crippen LogP contribution in [0.1, 0.15) is 16.7 Å². The van der Waals surface area contributed by atoms with Crippen molar-refractivity contribution >= 4 is 46.0 Å². The van der Waals surface area contributed by atoms with E-state index in [1.165, 1.54) is 11.8 Å². The molecule has 0 unspecified atom stereocenters. The molecule has 0 bridgehead atoms. The smallest absolute Gasteiger partial charge is 0.270 e. The third-order valence-corrected chi connectivity index (χ3v) is 5.25. The Hall–Kier alpha value is -2.37. The van der Waals surface area contributed by atoms with Gasteiger partial charge in [0.1, 0.15) is 12.4 Å². The minimum Gasteiger partial charge on any atom is -0.490 e. The number of hydrogen-bond donors (Lipinski definition) is 0. The van der Waals surface area contributed by atoms with Gasteiger partial charge in [0.25, 0.3) is 5.91 Å². The molecule has 3 nitrogen and oxygen atoms in total. The molecule has 0 spiro atoms. The Labute approximate surface area is 163 Å². The number of benzene rings is 2. The molecule has 3 rings (SSSR count). The van der Waals surface area contributed by atoms with Gasteiger partial charge >= 0.3 is 0 Å². The summed E-state index contributed by atoms with van der Waals surface area (Å²) >= 11 is 6.79. The van der Waals surface area contributed by atoms with Crippen LogP contribution in [-0.2, 0) is 4.79 Å². The van der Waals surface area contributed by atoms with Crippen molar-refractivity contribution in [2.24, 2.45) is 0 Å². The van der Waals surface area contributed by atoms with Crippen molar-refractivity contribution in [2.45, 2.75) is 13.8 Å². The zero-order valence-corrected chi connectivity index (χ0v) is 16.3. The second-order valence-corrected chi connectivity index (χ2v) is 7.65. The van der Waals surface area contributed by atoms with Gasteiger partial charge in [0, 0.05) is 0 Å². The second-order valence-electron chi connectivity index (χ2n) is 5.98. The predicted octanol–water partition coefficient (Wildman–Crippen LogP) is 5.27. The first-order chi connectivity index (χ1) is 12.5. The summed E-state index contributed by atoms with van der Waals surface area (Å²) in [4.78, 5) is 15.1. The highest BCUT2D eigenvalue weighted by Gasteiger charge is 2.34. The van der Waals surface area contributed by atoms with Gasteiger partial charge in [-0.3, -0.25) is 9.69 Å². The van der Waals surface area contributed by atoms with Crippen LogP contribution in [0.15, 0.2) is 60.0 Å². The van der Waals surface area contributed by atoms with Gasteiger partial charge in [0.2, 0.25) is 0 Å². The summed E-state index contributed by atoms with van der Waals surface area (Å²) in [6.45, 7) is 8.09. The number of nitrogens with zero attached hydrogens (tertiary/aromatic N) is 1. The van der Waals surface area contributed by atoms with Gasteiger partial charge in [-0.2, -0.15) is 0 Å². The molecule has 26 heavy (non-hydrogen) atoms. The van der Waals surface area contributed by atoms with Crippen LogP contribution < -0.4 is 9.64 Å². The maximum absolute atomic E-state index is 12.9. The number of thioether (sulfide) groups is 1. The average Bonchev–Trinajstić information content (AvgIpc) is 2.90. The number of carbonyl (C=O) groups excluding carboxylic acids is 1. The van der Waals surface area contributed by atoms with Crippen LogP contribution >= 0.6 is 24.0 Å². The fourth-order valence-electron chi connectivity index (χ4n) is 2.60. The summed E-state index contributed by atoms with van der Waals surface area (Å²) in [6.07, 6.45) is 3.56. The molecule has 0 radical (unpaired) electrons. The number of amides is 1. The van der Waals surface area contributed by atoms with Crippen LogP contribution in [0.4, 0.5) is 5.69 Å². The lowest BCUT2D eigenvalue weighted by atomic mass is 10.1. The van der Waals surface area contributed by atoms with Crippen LogP contribution in [0.25, 0.3) is 6.08 Å². The first-order valence-electron chi connectivity index (χ1n) is 8.18. The Morgan fingerprint density at radius 2 is 1.92 bits per heavy atom. The Morgan fingerprint density at radius 3 is 2.62 bits per heavy atom. The Kier molecular flexibility index (Phi) is 5.59. The van der Waals surface area contributed by atoms with Crippen LogP contribution in [0.3, 0.4) is 0 Å². The SMILES string of the molecule is C=CCOc1ccc(/C=C2\SC(=S)N(c3cc(C)ccc3C)C2=O)cc1. The average molecular weight is 382 g/mol. The highest BCUT2D eigenvalue weighted by atomic mass is 32.2. The van der Waals surface area contributed by atoms with Crippen molar-refractivity contribution in [3.8, 4) is 5.75 Å². The number of anilines is 1. The van der Waals surface area contributed by atoms with Crippen molar-refractivity contribution in [3.05, 3.63) is 76.7 Å². The summed E-state index contributed by atoms with van der Waals surface area (Å²) in [7, 11) is 0. The first kappa shape index (κ1) is 18.4. The molecule has 1 fully saturated rings. The monoisotopic (exact) mass is 381 g/mol. The highest BCUT2D eigenvalue weighted by molar-refractivity contribution is 8.27. The molecular weight excluding hydrogens is 362 g/mol. The molecule has 0 atom stereocenters. The molecule has 0 saturated carbocycles. The quantitative estimate of drug-likeness (QED) is 0.401. The number of aryl methyl sites for hydroxylation is 2. The molecule has 132 valence electrons. The largest absolute Gasteiger partial charge is 0.490 e. The molecule has 1 amide bonds. The molecule has 2 aromatic rings. The molecule has 0 N–H and O–H groups in total. The molecule has 1 saturated heterocycles. The molecule has 0 aliphatic carbocycles. The maximum Gasteiger partial charge on any atom is 0.270 e. The first-order valence-corrected chi connectivity index (χ1v) is 9.41. The molecule has 0 aromatic heterocycles. The van der Waals surface area contributed by atoms with Crippen molar-refractivity contribution < 1.29 is 9.53 Å². The van der Waals surface area contributed by atoms with Crippen LogP contribution in [0, 0.1) is 13.8 Å². The molecule has 5 heteroatoms. The highest BCUT2D eigenvalue weighted by Crippen LogP contribution is 2.37. The van der Waals surface area contributed by atoms with E-state index in [4.69, 9.17) is 17.0 Å². The van der Waals surface area contributed by atoms with E-state index in [1.54, 1.807) is 11.0 Å². The van der Waals surface area contributed by atoms with Crippen molar-refractivity contribution in [1.29, 1.82) is 0 Å². The molecule has 1 aliphatic rings. The fraction of sp³-hybridized carbons (Fsp3) is 0.143. The normalized spacial score (nSPS) is 15.6. The standard InChI is InChI=1S/C21H19NO2S2/c1-4-11-24-17-9-7-16(8-10-17)13-19-20(23)22(21(25)26-19)18-12-14(2)5-6-15(18)3/h4-10,12-13H,1,11H2,2-3H3/b19-13-. The van der Waals surface area contributed by atoms with Gasteiger partial charge in [-0.05, 0) is 54.8 Å². The van der Waals surface area contributed by atoms with E-state index in [0.717, 1.165) is 28.1 Å². The third-order valence-electron chi connectivity index (χ3n) is 3.94. The van der Waals surface area contributed by atoms with Crippen LogP contribution in [0.2, 0.25) is 0 Å². The summed E-state index contributed by atoms with van der Waals surface area (Å²) in [5.74, 6) is 0.686. The molecule has 1 heterocycles. The van der Waals surface area contributed by atoms with Crippen molar-refractivity contribution in [1.82, 2.24) is 0 Å². The van der Waals surface area contributed by atoms with Crippen molar-refractivity contribution in [2.75, 3.05) is 11.5 Å². The Balaban J connectivity index is 1.85. The zero-order valence-electron chi connectivity index (χ0n) is 14.7. The predicted molar refractivity (Wildman–Crippen MR) is 114 cm³/mol. The van der Waals surface area contributed by atoms with E-state index >= 15 is 0 Å². The van der Waals surface area contributed by atoms with E-state index in [1.807, 2.05) is 62.4 Å². The number of rotatable bonds is 5. The maximum atomic E-state index is 12.9. The Morgan fingerprint density at radius 1 is 1.19 bits per heavy atom. The van der Waals surface area contributed by atoms with Crippen LogP contribution in [0.5, 0.6) is 5.75 Å². The van der Waals surface area contributed by atoms with E-state index in [-0.39, 0.29) is 5.91 Å². The topological polar surface area (TPSA) is 29.5 Å². The van der Waals surface area contributed by atoms with Gasteiger partial charge in [-0.25, -0.2) is 0 Å². The van der Waals surface area contributed by atoms with Gasteiger partial charge in [0.15, 0.2) is 4.32 Å². The summed E-state index contributed by atoms with van der Waals surface area (Å²) in [5, 5.41) is 0. The van der Waals surface area contributed by atoms with Gasteiger partial charge in [-0.1, -0.05) is 60.9 Å². The summed E-state index contributed by atoms with van der Waals surface area (Å²) < 4.78 is 6.03.